The van der Waals surface area contributed by atoms with Crippen LogP contribution in [0.3, 0.4) is 0 Å². The lowest BCUT2D eigenvalue weighted by molar-refractivity contribution is -0.384. The lowest BCUT2D eigenvalue weighted by atomic mass is 9.94. The van der Waals surface area contributed by atoms with Crippen molar-refractivity contribution in [1.29, 1.82) is 0 Å². The first kappa shape index (κ1) is 20.1. The second kappa shape index (κ2) is 7.41. The summed E-state index contributed by atoms with van der Waals surface area (Å²) in [4.78, 5) is 13.0. The molecule has 3 aromatic carbocycles. The van der Waals surface area contributed by atoms with Crippen LogP contribution in [0.4, 0.5) is 11.4 Å². The van der Waals surface area contributed by atoms with Crippen molar-refractivity contribution < 1.29 is 14.4 Å². The molecule has 0 aliphatic carbocycles. The van der Waals surface area contributed by atoms with Crippen LogP contribution in [0.15, 0.2) is 60.2 Å². The van der Waals surface area contributed by atoms with E-state index in [1.807, 2.05) is 31.2 Å². The zero-order valence-corrected chi connectivity index (χ0v) is 18.3. The molecular weight excluding hydrogens is 404 g/mol. The predicted octanol–water partition coefficient (Wildman–Crippen LogP) is 6.19. The molecule has 2 aliphatic rings. The van der Waals surface area contributed by atoms with E-state index in [2.05, 4.69) is 43.0 Å². The van der Waals surface area contributed by atoms with Crippen molar-refractivity contribution in [2.75, 3.05) is 18.0 Å². The average Bonchev–Trinajstić information content (AvgIpc) is 2.80. The second-order valence-corrected chi connectivity index (χ2v) is 8.07. The van der Waals surface area contributed by atoms with Crippen LogP contribution < -0.4 is 14.4 Å². The fourth-order valence-corrected chi connectivity index (χ4v) is 4.45. The van der Waals surface area contributed by atoms with Crippen LogP contribution in [0.5, 0.6) is 11.5 Å². The smallest absolute Gasteiger partial charge is 0.294 e. The lowest BCUT2D eigenvalue weighted by Gasteiger charge is -2.39. The van der Waals surface area contributed by atoms with Gasteiger partial charge in [0.25, 0.3) is 11.5 Å². The highest BCUT2D eigenvalue weighted by atomic mass is 16.7. The molecule has 6 nitrogen and oxygen atoms in total. The summed E-state index contributed by atoms with van der Waals surface area (Å²) in [6.07, 6.45) is 6.02. The number of nitro benzene ring substituents is 1. The molecule has 1 spiro atoms. The van der Waals surface area contributed by atoms with Crippen molar-refractivity contribution in [2.24, 2.45) is 0 Å². The molecule has 0 saturated heterocycles. The molecular formula is C26H24N2O4. The Kier molecular flexibility index (Phi) is 4.66. The first-order valence-corrected chi connectivity index (χ1v) is 10.8. The Morgan fingerprint density at radius 2 is 1.78 bits per heavy atom. The van der Waals surface area contributed by atoms with Crippen LogP contribution in [0.1, 0.15) is 31.9 Å². The first-order valence-electron chi connectivity index (χ1n) is 10.8. The maximum Gasteiger partial charge on any atom is 0.294 e. The van der Waals surface area contributed by atoms with Crippen LogP contribution in [0.2, 0.25) is 0 Å². The summed E-state index contributed by atoms with van der Waals surface area (Å²) in [5.74, 6) is 0.450. The average molecular weight is 428 g/mol. The first-order chi connectivity index (χ1) is 15.4. The van der Waals surface area contributed by atoms with Crippen molar-refractivity contribution >= 4 is 34.3 Å². The molecule has 162 valence electrons. The minimum Gasteiger partial charge on any atom is -0.444 e. The summed E-state index contributed by atoms with van der Waals surface area (Å²) in [5, 5.41) is 12.8. The standard InChI is InChI=1S/C26H24N2O4/c1-4-27(5-2)20-8-6-19-14-17(3)26(32-25(19)16-20)13-12-23-22-10-9-21(28(29)30)15-18(22)7-11-24(23)31-26/h6-16H,4-5H2,1-3H3. The molecule has 1 unspecified atom stereocenters. The van der Waals surface area contributed by atoms with Gasteiger partial charge >= 0.3 is 0 Å². The highest BCUT2D eigenvalue weighted by Crippen LogP contribution is 2.44. The molecule has 0 amide bonds. The normalized spacial score (nSPS) is 18.4. The molecule has 0 N–H and O–H groups in total. The molecule has 0 aromatic heterocycles. The number of hydrogen-bond donors (Lipinski definition) is 0. The van der Waals surface area contributed by atoms with Gasteiger partial charge < -0.3 is 14.4 Å². The number of non-ortho nitro benzene ring substituents is 1. The predicted molar refractivity (Wildman–Crippen MR) is 127 cm³/mol. The van der Waals surface area contributed by atoms with Gasteiger partial charge in [-0.15, -0.1) is 0 Å². The number of anilines is 1. The van der Waals surface area contributed by atoms with E-state index in [0.717, 1.165) is 52.0 Å². The maximum absolute atomic E-state index is 11.1. The topological polar surface area (TPSA) is 64.8 Å². The minimum atomic E-state index is -1.02. The van der Waals surface area contributed by atoms with Gasteiger partial charge in [0.15, 0.2) is 0 Å². The van der Waals surface area contributed by atoms with Gasteiger partial charge in [-0.2, -0.15) is 0 Å². The lowest BCUT2D eigenvalue weighted by Crippen LogP contribution is -2.44. The Hall–Kier alpha value is -3.80. The Morgan fingerprint density at radius 1 is 1.00 bits per heavy atom. The highest BCUT2D eigenvalue weighted by molar-refractivity contribution is 5.95. The van der Waals surface area contributed by atoms with E-state index >= 15 is 0 Å². The summed E-state index contributed by atoms with van der Waals surface area (Å²) >= 11 is 0. The van der Waals surface area contributed by atoms with E-state index in [4.69, 9.17) is 9.47 Å². The third-order valence-electron chi connectivity index (χ3n) is 6.26. The number of fused-ring (bicyclic) bond motifs is 4. The summed E-state index contributed by atoms with van der Waals surface area (Å²) in [6, 6.07) is 14.9. The van der Waals surface area contributed by atoms with Gasteiger partial charge in [-0.3, -0.25) is 10.1 Å². The molecule has 5 rings (SSSR count). The van der Waals surface area contributed by atoms with Crippen molar-refractivity contribution in [3.05, 3.63) is 81.4 Å². The van der Waals surface area contributed by atoms with Crippen LogP contribution in [-0.4, -0.2) is 23.8 Å². The molecule has 3 aromatic rings. The highest BCUT2D eigenvalue weighted by Gasteiger charge is 2.40. The van der Waals surface area contributed by atoms with Crippen LogP contribution >= 0.6 is 0 Å². The summed E-state index contributed by atoms with van der Waals surface area (Å²) in [6.45, 7) is 8.12. The van der Waals surface area contributed by atoms with Crippen molar-refractivity contribution in [2.45, 2.75) is 26.6 Å². The summed E-state index contributed by atoms with van der Waals surface area (Å²) < 4.78 is 12.9. The van der Waals surface area contributed by atoms with Crippen LogP contribution in [0, 0.1) is 10.1 Å². The fourth-order valence-electron chi connectivity index (χ4n) is 4.45. The number of nitrogens with zero attached hydrogens (tertiary/aromatic N) is 2. The summed E-state index contributed by atoms with van der Waals surface area (Å²) in [5.41, 5.74) is 4.06. The number of rotatable bonds is 4. The Morgan fingerprint density at radius 3 is 2.53 bits per heavy atom. The number of nitro groups is 1. The zero-order valence-electron chi connectivity index (χ0n) is 18.3. The Balaban J connectivity index is 1.54. The molecule has 0 fully saturated rings. The molecule has 32 heavy (non-hydrogen) atoms. The van der Waals surface area contributed by atoms with Crippen molar-refractivity contribution in [3.8, 4) is 11.5 Å². The van der Waals surface area contributed by atoms with Crippen LogP contribution in [-0.2, 0) is 0 Å². The third kappa shape index (κ3) is 3.11. The number of benzene rings is 3. The van der Waals surface area contributed by atoms with Crippen molar-refractivity contribution in [3.63, 3.8) is 0 Å². The van der Waals surface area contributed by atoms with E-state index in [0.29, 0.717) is 5.75 Å². The summed E-state index contributed by atoms with van der Waals surface area (Å²) in [7, 11) is 0. The van der Waals surface area contributed by atoms with E-state index in [9.17, 15) is 10.1 Å². The van der Waals surface area contributed by atoms with Gasteiger partial charge in [-0.05, 0) is 68.0 Å². The van der Waals surface area contributed by atoms with Crippen molar-refractivity contribution in [1.82, 2.24) is 0 Å². The van der Waals surface area contributed by atoms with Gasteiger partial charge in [0.2, 0.25) is 0 Å². The molecule has 2 aliphatic heterocycles. The van der Waals surface area contributed by atoms with Crippen LogP contribution in [0.25, 0.3) is 22.9 Å². The molecule has 1 atom stereocenters. The van der Waals surface area contributed by atoms with Gasteiger partial charge in [0.05, 0.1) is 4.92 Å². The third-order valence-corrected chi connectivity index (χ3v) is 6.26. The molecule has 0 bridgehead atoms. The maximum atomic E-state index is 11.1. The van der Waals surface area contributed by atoms with Gasteiger partial charge in [-0.25, -0.2) is 0 Å². The largest absolute Gasteiger partial charge is 0.444 e. The SMILES string of the molecule is CCN(CC)c1ccc2c(c1)OC1(C=Cc3c(ccc4cc([N+](=O)[O-])ccc34)O1)C(C)=C2. The second-order valence-electron chi connectivity index (χ2n) is 8.07. The number of ether oxygens (including phenoxy) is 2. The van der Waals surface area contributed by atoms with E-state index in [-0.39, 0.29) is 10.6 Å². The van der Waals surface area contributed by atoms with Gasteiger partial charge in [0.1, 0.15) is 11.5 Å². The van der Waals surface area contributed by atoms with Gasteiger partial charge in [0, 0.05) is 59.8 Å². The molecule has 2 heterocycles. The van der Waals surface area contributed by atoms with E-state index < -0.39 is 5.79 Å². The minimum absolute atomic E-state index is 0.0737. The zero-order chi connectivity index (χ0) is 22.5. The Labute approximate surface area is 186 Å². The molecule has 0 radical (unpaired) electrons. The van der Waals surface area contributed by atoms with Gasteiger partial charge in [-0.1, -0.05) is 6.07 Å². The number of hydrogen-bond acceptors (Lipinski definition) is 5. The monoisotopic (exact) mass is 428 g/mol. The fraction of sp³-hybridized carbons (Fsp3) is 0.231. The quantitative estimate of drug-likeness (QED) is 0.366. The van der Waals surface area contributed by atoms with E-state index in [1.54, 1.807) is 12.1 Å². The van der Waals surface area contributed by atoms with E-state index in [1.165, 1.54) is 6.07 Å². The molecule has 0 saturated carbocycles. The Bertz CT molecular complexity index is 1310. The molecule has 6 heteroatoms.